The van der Waals surface area contributed by atoms with Gasteiger partial charge in [-0.1, -0.05) is 12.1 Å². The molecule has 4 rings (SSSR count). The maximum Gasteiger partial charge on any atom is 0.158 e. The Morgan fingerprint density at radius 1 is 1.32 bits per heavy atom. The van der Waals surface area contributed by atoms with Crippen molar-refractivity contribution in [3.05, 3.63) is 29.6 Å². The summed E-state index contributed by atoms with van der Waals surface area (Å²) in [6, 6.07) is 6.45. The molecule has 0 spiro atoms. The molecule has 1 aliphatic heterocycles. The second kappa shape index (κ2) is 4.08. The highest BCUT2D eigenvalue weighted by Gasteiger charge is 2.29. The van der Waals surface area contributed by atoms with Gasteiger partial charge in [-0.2, -0.15) is 5.10 Å². The highest BCUT2D eigenvalue weighted by Crippen LogP contribution is 2.39. The summed E-state index contributed by atoms with van der Waals surface area (Å²) in [5.41, 5.74) is 3.90. The monoisotopic (exact) mass is 254 g/mol. The molecule has 0 radical (unpaired) electrons. The Bertz CT molecular complexity index is 625. The molecule has 0 saturated heterocycles. The minimum Gasteiger partial charge on any atom is -0.385 e. The predicted molar refractivity (Wildman–Crippen MR) is 75.2 cm³/mol. The van der Waals surface area contributed by atoms with Gasteiger partial charge in [0.05, 0.1) is 0 Å². The molecule has 4 nitrogen and oxygen atoms in total. The van der Waals surface area contributed by atoms with E-state index < -0.39 is 0 Å². The van der Waals surface area contributed by atoms with E-state index in [0.717, 1.165) is 24.6 Å². The molecule has 4 heteroatoms. The van der Waals surface area contributed by atoms with E-state index >= 15 is 0 Å². The van der Waals surface area contributed by atoms with Crippen LogP contribution in [0.15, 0.2) is 18.2 Å². The van der Waals surface area contributed by atoms with Crippen LogP contribution in [0, 0.1) is 0 Å². The van der Waals surface area contributed by atoms with Crippen LogP contribution >= 0.6 is 0 Å². The van der Waals surface area contributed by atoms with Crippen molar-refractivity contribution in [1.82, 2.24) is 14.8 Å². The molecular formula is C15H18N4. The Hall–Kier alpha value is -1.84. The number of fused-ring (bicyclic) bond motifs is 1. The predicted octanol–water partition coefficient (Wildman–Crippen LogP) is 2.72. The quantitative estimate of drug-likeness (QED) is 0.896. The van der Waals surface area contributed by atoms with E-state index in [4.69, 9.17) is 4.98 Å². The molecule has 1 aromatic carbocycles. The van der Waals surface area contributed by atoms with E-state index in [1.807, 2.05) is 11.7 Å². The third-order valence-corrected chi connectivity index (χ3v) is 4.06. The highest BCUT2D eigenvalue weighted by molar-refractivity contribution is 5.70. The maximum atomic E-state index is 4.77. The summed E-state index contributed by atoms with van der Waals surface area (Å²) in [5.74, 6) is 2.65. The van der Waals surface area contributed by atoms with E-state index in [2.05, 4.69) is 28.6 Å². The molecule has 1 aliphatic carbocycles. The number of aryl methyl sites for hydroxylation is 1. The average molecular weight is 254 g/mol. The first-order valence-electron chi connectivity index (χ1n) is 7.10. The molecule has 1 fully saturated rings. The van der Waals surface area contributed by atoms with Gasteiger partial charge in [-0.05, 0) is 37.3 Å². The normalized spacial score (nSPS) is 17.9. The Morgan fingerprint density at radius 3 is 3.05 bits per heavy atom. The van der Waals surface area contributed by atoms with Gasteiger partial charge in [0.25, 0.3) is 0 Å². The zero-order chi connectivity index (χ0) is 12.8. The number of rotatable bonds is 2. The first kappa shape index (κ1) is 11.0. The topological polar surface area (TPSA) is 42.7 Å². The van der Waals surface area contributed by atoms with E-state index in [1.165, 1.54) is 36.1 Å². The van der Waals surface area contributed by atoms with Gasteiger partial charge in [0, 0.05) is 30.8 Å². The van der Waals surface area contributed by atoms with E-state index in [0.29, 0.717) is 5.92 Å². The van der Waals surface area contributed by atoms with Crippen LogP contribution in [0.3, 0.4) is 0 Å². The average Bonchev–Trinajstić information content (AvgIpc) is 3.22. The van der Waals surface area contributed by atoms with Crippen molar-refractivity contribution in [2.24, 2.45) is 7.05 Å². The smallest absolute Gasteiger partial charge is 0.158 e. The minimum atomic E-state index is 0.609. The molecular weight excluding hydrogens is 236 g/mol. The summed E-state index contributed by atoms with van der Waals surface area (Å²) in [4.78, 5) is 4.77. The third kappa shape index (κ3) is 1.82. The van der Waals surface area contributed by atoms with Crippen molar-refractivity contribution >= 4 is 5.69 Å². The van der Waals surface area contributed by atoms with Crippen molar-refractivity contribution in [2.45, 2.75) is 31.6 Å². The first-order valence-corrected chi connectivity index (χ1v) is 7.10. The molecule has 0 amide bonds. The molecule has 2 heterocycles. The SMILES string of the molecule is Cn1nc(C2CC2)nc1-c1cccc2c1CCCN2. The number of nitrogens with one attached hydrogen (secondary N) is 1. The molecule has 1 aromatic heterocycles. The number of hydrogen-bond acceptors (Lipinski definition) is 3. The highest BCUT2D eigenvalue weighted by atomic mass is 15.3. The molecule has 98 valence electrons. The Labute approximate surface area is 112 Å². The lowest BCUT2D eigenvalue weighted by Crippen LogP contribution is -2.13. The zero-order valence-electron chi connectivity index (χ0n) is 11.2. The van der Waals surface area contributed by atoms with Gasteiger partial charge in [0.1, 0.15) is 0 Å². The maximum absolute atomic E-state index is 4.77. The van der Waals surface area contributed by atoms with Crippen LogP contribution in [0.5, 0.6) is 0 Å². The molecule has 0 bridgehead atoms. The molecule has 0 unspecified atom stereocenters. The first-order chi connectivity index (χ1) is 9.33. The van der Waals surface area contributed by atoms with Crippen LogP contribution in [0.25, 0.3) is 11.4 Å². The molecule has 1 saturated carbocycles. The fourth-order valence-electron chi connectivity index (χ4n) is 2.87. The van der Waals surface area contributed by atoms with Crippen LogP contribution in [-0.2, 0) is 13.5 Å². The Kier molecular flexibility index (Phi) is 2.37. The van der Waals surface area contributed by atoms with Gasteiger partial charge < -0.3 is 5.32 Å². The van der Waals surface area contributed by atoms with E-state index in [9.17, 15) is 0 Å². The lowest BCUT2D eigenvalue weighted by molar-refractivity contribution is 0.748. The molecule has 2 aromatic rings. The third-order valence-electron chi connectivity index (χ3n) is 4.06. The van der Waals surface area contributed by atoms with Crippen LogP contribution < -0.4 is 5.32 Å². The van der Waals surface area contributed by atoms with Crippen molar-refractivity contribution in [3.63, 3.8) is 0 Å². The summed E-state index contributed by atoms with van der Waals surface area (Å²) < 4.78 is 1.94. The van der Waals surface area contributed by atoms with Crippen LogP contribution in [0.1, 0.15) is 36.6 Å². The van der Waals surface area contributed by atoms with Crippen molar-refractivity contribution in [2.75, 3.05) is 11.9 Å². The van der Waals surface area contributed by atoms with Gasteiger partial charge in [-0.15, -0.1) is 0 Å². The Morgan fingerprint density at radius 2 is 2.21 bits per heavy atom. The summed E-state index contributed by atoms with van der Waals surface area (Å²) in [7, 11) is 2.00. The Balaban J connectivity index is 1.83. The van der Waals surface area contributed by atoms with Crippen LogP contribution in [0.2, 0.25) is 0 Å². The van der Waals surface area contributed by atoms with Crippen molar-refractivity contribution in [3.8, 4) is 11.4 Å². The van der Waals surface area contributed by atoms with Gasteiger partial charge in [-0.25, -0.2) is 9.67 Å². The number of aromatic nitrogens is 3. The number of benzene rings is 1. The number of hydrogen-bond donors (Lipinski definition) is 1. The lowest BCUT2D eigenvalue weighted by atomic mass is 9.97. The van der Waals surface area contributed by atoms with E-state index in [1.54, 1.807) is 0 Å². The fourth-order valence-corrected chi connectivity index (χ4v) is 2.87. The lowest BCUT2D eigenvalue weighted by Gasteiger charge is -2.20. The molecule has 19 heavy (non-hydrogen) atoms. The van der Waals surface area contributed by atoms with Crippen LogP contribution in [0.4, 0.5) is 5.69 Å². The molecule has 0 atom stereocenters. The largest absolute Gasteiger partial charge is 0.385 e. The summed E-state index contributed by atoms with van der Waals surface area (Å²) in [6.45, 7) is 1.07. The second-order valence-electron chi connectivity index (χ2n) is 5.55. The van der Waals surface area contributed by atoms with Gasteiger partial charge in [0.15, 0.2) is 11.6 Å². The van der Waals surface area contributed by atoms with Gasteiger partial charge in [0.2, 0.25) is 0 Å². The van der Waals surface area contributed by atoms with Crippen molar-refractivity contribution in [1.29, 1.82) is 0 Å². The van der Waals surface area contributed by atoms with Crippen molar-refractivity contribution < 1.29 is 0 Å². The van der Waals surface area contributed by atoms with Crippen LogP contribution in [-0.4, -0.2) is 21.3 Å². The molecule has 2 aliphatic rings. The zero-order valence-corrected chi connectivity index (χ0v) is 11.2. The van der Waals surface area contributed by atoms with Gasteiger partial charge in [-0.3, -0.25) is 0 Å². The summed E-state index contributed by atoms with van der Waals surface area (Å²) >= 11 is 0. The number of anilines is 1. The van der Waals surface area contributed by atoms with Gasteiger partial charge >= 0.3 is 0 Å². The summed E-state index contributed by atoms with van der Waals surface area (Å²) in [5, 5.41) is 8.06. The molecule has 1 N–H and O–H groups in total. The standard InChI is InChI=1S/C15H18N4/c1-19-15(17-14(18-19)10-7-8-10)12-4-2-6-13-11(12)5-3-9-16-13/h2,4,6,10,16H,3,5,7-9H2,1H3. The summed E-state index contributed by atoms with van der Waals surface area (Å²) in [6.07, 6.45) is 4.82. The number of nitrogens with zero attached hydrogens (tertiary/aromatic N) is 3. The minimum absolute atomic E-state index is 0.609. The van der Waals surface area contributed by atoms with E-state index in [-0.39, 0.29) is 0 Å². The second-order valence-corrected chi connectivity index (χ2v) is 5.55. The fraction of sp³-hybridized carbons (Fsp3) is 0.467.